The van der Waals surface area contributed by atoms with Gasteiger partial charge in [0.25, 0.3) is 5.91 Å². The number of halogens is 1. The lowest BCUT2D eigenvalue weighted by molar-refractivity contribution is 0.0972. The van der Waals surface area contributed by atoms with Crippen LogP contribution >= 0.6 is 11.6 Å². The zero-order valence-electron chi connectivity index (χ0n) is 19.0. The summed E-state index contributed by atoms with van der Waals surface area (Å²) in [7, 11) is -1.69. The van der Waals surface area contributed by atoms with E-state index in [0.29, 0.717) is 38.2 Å². The highest BCUT2D eigenvalue weighted by Crippen LogP contribution is 2.37. The number of nitrogens with zero attached hydrogens (tertiary/aromatic N) is 5. The highest BCUT2D eigenvalue weighted by atomic mass is 35.5. The second-order valence-corrected chi connectivity index (χ2v) is 11.2. The van der Waals surface area contributed by atoms with E-state index in [1.165, 1.54) is 4.31 Å². The summed E-state index contributed by atoms with van der Waals surface area (Å²) in [5.74, 6) is -0.229. The number of hydrogen-bond acceptors (Lipinski definition) is 8. The van der Waals surface area contributed by atoms with E-state index in [-0.39, 0.29) is 27.4 Å². The van der Waals surface area contributed by atoms with Crippen molar-refractivity contribution in [1.82, 2.24) is 24.2 Å². The molecule has 1 fully saturated rings. The minimum absolute atomic E-state index is 0.0525. The number of fused-ring (bicyclic) bond motifs is 1. The summed E-state index contributed by atoms with van der Waals surface area (Å²) in [6, 6.07) is 7.10. The number of aromatic nitrogens is 3. The number of carbonyl (C=O) groups excluding carboxylic acids is 1. The average molecular weight is 517 g/mol. The molecule has 0 radical (unpaired) electrons. The fraction of sp³-hybridized carbons (Fsp3) is 0.364. The molecule has 5 N–H and O–H groups in total. The van der Waals surface area contributed by atoms with Gasteiger partial charge >= 0.3 is 0 Å². The largest absolute Gasteiger partial charge is 0.382 e. The summed E-state index contributed by atoms with van der Waals surface area (Å²) >= 11 is 5.87. The van der Waals surface area contributed by atoms with Crippen LogP contribution in [-0.4, -0.2) is 57.6 Å². The molecule has 0 saturated carbocycles. The minimum atomic E-state index is -3.62. The first-order valence-corrected chi connectivity index (χ1v) is 12.9. The molecule has 1 saturated heterocycles. The molecule has 2 aliphatic rings. The van der Waals surface area contributed by atoms with Crippen LogP contribution in [0.2, 0.25) is 5.15 Å². The van der Waals surface area contributed by atoms with E-state index in [0.717, 1.165) is 17.3 Å². The van der Waals surface area contributed by atoms with E-state index in [2.05, 4.69) is 15.3 Å². The van der Waals surface area contributed by atoms with Crippen molar-refractivity contribution in [3.63, 3.8) is 0 Å². The van der Waals surface area contributed by atoms with E-state index in [1.54, 1.807) is 12.1 Å². The summed E-state index contributed by atoms with van der Waals surface area (Å²) < 4.78 is 30.0. The number of carbonyl (C=O) groups is 1. The van der Waals surface area contributed by atoms with Gasteiger partial charge < -0.3 is 21.4 Å². The van der Waals surface area contributed by atoms with Crippen LogP contribution in [0.4, 0.5) is 11.6 Å². The van der Waals surface area contributed by atoms with Crippen molar-refractivity contribution in [2.75, 3.05) is 24.6 Å². The Hall–Kier alpha value is -3.22. The van der Waals surface area contributed by atoms with Gasteiger partial charge in [0.2, 0.25) is 10.0 Å². The summed E-state index contributed by atoms with van der Waals surface area (Å²) in [6.45, 7) is 0.706. The lowest BCUT2D eigenvalue weighted by atomic mass is 9.87. The molecule has 0 bridgehead atoms. The van der Waals surface area contributed by atoms with Gasteiger partial charge in [-0.2, -0.15) is 4.31 Å². The topological polar surface area (TPSA) is 162 Å². The number of rotatable bonds is 3. The van der Waals surface area contributed by atoms with Gasteiger partial charge in [-0.25, -0.2) is 18.4 Å². The van der Waals surface area contributed by atoms with Gasteiger partial charge in [-0.05, 0) is 43.5 Å². The average Bonchev–Trinajstić information content (AvgIpc) is 3.39. The zero-order chi connectivity index (χ0) is 25.0. The predicted molar refractivity (Wildman–Crippen MR) is 134 cm³/mol. The third-order valence-corrected chi connectivity index (χ3v) is 8.90. The van der Waals surface area contributed by atoms with Crippen LogP contribution < -0.4 is 16.8 Å². The molecule has 0 unspecified atom stereocenters. The molecule has 0 atom stereocenters. The maximum atomic E-state index is 13.3. The third-order valence-electron chi connectivity index (χ3n) is 6.72. The Morgan fingerprint density at radius 2 is 1.86 bits per heavy atom. The molecule has 4 heterocycles. The van der Waals surface area contributed by atoms with Gasteiger partial charge in [-0.1, -0.05) is 11.6 Å². The van der Waals surface area contributed by atoms with Crippen LogP contribution in [0.5, 0.6) is 0 Å². The van der Waals surface area contributed by atoms with Crippen LogP contribution in [0.15, 0.2) is 40.4 Å². The fourth-order valence-electron chi connectivity index (χ4n) is 4.71. The first kappa shape index (κ1) is 23.5. The quantitative estimate of drug-likeness (QED) is 0.479. The molecule has 2 aromatic heterocycles. The molecule has 11 nitrogen and oxygen atoms in total. The Kier molecular flexibility index (Phi) is 5.69. The van der Waals surface area contributed by atoms with Crippen LogP contribution in [-0.2, 0) is 17.1 Å². The number of piperidine rings is 1. The Balaban J connectivity index is 1.27. The number of hydrogen-bond donors (Lipinski definition) is 3. The standard InChI is InChI=1S/C22H25ClN8O3S/c1-30-9-5-13-12-14(2-3-15(13)30)35(33,34)31-10-7-22(8-11-31)6-4-16(29-22)26-21(32)17-19(24)28-20(25)18(23)27-17/h2-3,5,9,12H,4,6-8,10-11H2,1H3,(H4,24,25,28)(H,26,29,32). The van der Waals surface area contributed by atoms with E-state index >= 15 is 0 Å². The Morgan fingerprint density at radius 3 is 2.60 bits per heavy atom. The van der Waals surface area contributed by atoms with Crippen molar-refractivity contribution in [2.45, 2.75) is 36.1 Å². The van der Waals surface area contributed by atoms with E-state index in [4.69, 9.17) is 28.1 Å². The van der Waals surface area contributed by atoms with Crippen molar-refractivity contribution in [3.05, 3.63) is 41.3 Å². The molecular weight excluding hydrogens is 492 g/mol. The molecule has 1 amide bonds. The van der Waals surface area contributed by atoms with Gasteiger partial charge in [0.05, 0.1) is 10.4 Å². The second-order valence-electron chi connectivity index (χ2n) is 8.92. The number of sulfonamides is 1. The molecule has 184 valence electrons. The number of benzene rings is 1. The lowest BCUT2D eigenvalue weighted by Gasteiger charge is -2.36. The normalized spacial score (nSPS) is 18.2. The van der Waals surface area contributed by atoms with E-state index in [9.17, 15) is 13.2 Å². The Bertz CT molecular complexity index is 1480. The summed E-state index contributed by atoms with van der Waals surface area (Å²) in [4.78, 5) is 25.4. The summed E-state index contributed by atoms with van der Waals surface area (Å²) in [6.07, 6.45) is 4.31. The molecule has 35 heavy (non-hydrogen) atoms. The maximum Gasteiger partial charge on any atom is 0.279 e. The highest BCUT2D eigenvalue weighted by Gasteiger charge is 2.41. The SMILES string of the molecule is Cn1ccc2cc(S(=O)(=O)N3CCC4(CCC(NC(=O)c5nc(Cl)c(N)nc5N)=N4)CC3)ccc21. The predicted octanol–water partition coefficient (Wildman–Crippen LogP) is 1.93. The number of nitrogens with two attached hydrogens (primary N) is 2. The van der Waals surface area contributed by atoms with Gasteiger partial charge in [0.15, 0.2) is 22.5 Å². The molecule has 1 spiro atoms. The molecule has 3 aromatic rings. The molecule has 1 aromatic carbocycles. The number of amides is 1. The minimum Gasteiger partial charge on any atom is -0.382 e. The highest BCUT2D eigenvalue weighted by molar-refractivity contribution is 7.89. The van der Waals surface area contributed by atoms with Crippen molar-refractivity contribution in [3.8, 4) is 0 Å². The van der Waals surface area contributed by atoms with Crippen LogP contribution in [0.3, 0.4) is 0 Å². The number of amidine groups is 1. The molecule has 2 aliphatic heterocycles. The van der Waals surface area contributed by atoms with Crippen molar-refractivity contribution < 1.29 is 13.2 Å². The van der Waals surface area contributed by atoms with Crippen molar-refractivity contribution in [2.24, 2.45) is 12.0 Å². The van der Waals surface area contributed by atoms with E-state index in [1.807, 2.05) is 29.9 Å². The van der Waals surface area contributed by atoms with Gasteiger partial charge in [-0.15, -0.1) is 0 Å². The van der Waals surface area contributed by atoms with Gasteiger partial charge in [0.1, 0.15) is 5.84 Å². The molecular formula is C22H25ClN8O3S. The van der Waals surface area contributed by atoms with Gasteiger partial charge in [-0.3, -0.25) is 9.79 Å². The summed E-state index contributed by atoms with van der Waals surface area (Å²) in [5.41, 5.74) is 11.8. The number of nitrogen functional groups attached to an aromatic ring is 2. The molecule has 0 aliphatic carbocycles. The van der Waals surface area contributed by atoms with Gasteiger partial charge in [0, 0.05) is 43.7 Å². The first-order valence-electron chi connectivity index (χ1n) is 11.1. The smallest absolute Gasteiger partial charge is 0.279 e. The van der Waals surface area contributed by atoms with Crippen LogP contribution in [0.25, 0.3) is 10.9 Å². The first-order chi connectivity index (χ1) is 16.6. The lowest BCUT2D eigenvalue weighted by Crippen LogP contribution is -2.45. The van der Waals surface area contributed by atoms with Crippen molar-refractivity contribution in [1.29, 1.82) is 0 Å². The Labute approximate surface area is 207 Å². The van der Waals surface area contributed by atoms with Crippen LogP contribution in [0.1, 0.15) is 36.2 Å². The third kappa shape index (κ3) is 4.21. The molecule has 13 heteroatoms. The molecule has 5 rings (SSSR count). The fourth-order valence-corrected chi connectivity index (χ4v) is 6.32. The number of aryl methyl sites for hydroxylation is 1. The Morgan fingerprint density at radius 1 is 1.11 bits per heavy atom. The maximum absolute atomic E-state index is 13.3. The van der Waals surface area contributed by atoms with Crippen LogP contribution in [0, 0.1) is 0 Å². The number of aliphatic imine (C=N–C) groups is 1. The summed E-state index contributed by atoms with van der Waals surface area (Å²) in [5, 5.41) is 3.52. The second kappa shape index (κ2) is 8.47. The number of anilines is 2. The number of nitrogens with one attached hydrogen (secondary N) is 1. The monoisotopic (exact) mass is 516 g/mol. The zero-order valence-corrected chi connectivity index (χ0v) is 20.6. The van der Waals surface area contributed by atoms with E-state index < -0.39 is 21.5 Å². The van der Waals surface area contributed by atoms with Crippen molar-refractivity contribution >= 4 is 55.9 Å².